The molecular weight excluding hydrogens is 194 g/mol. The van der Waals surface area contributed by atoms with Crippen LogP contribution < -0.4 is 0 Å². The fourth-order valence-corrected chi connectivity index (χ4v) is 4.54. The molecule has 1 aliphatic carbocycles. The summed E-state index contributed by atoms with van der Waals surface area (Å²) >= 11 is 0. The molecule has 1 saturated carbocycles. The van der Waals surface area contributed by atoms with Crippen LogP contribution in [0.15, 0.2) is 0 Å². The van der Waals surface area contributed by atoms with Crippen molar-refractivity contribution in [1.29, 1.82) is 0 Å². The van der Waals surface area contributed by atoms with Crippen LogP contribution in [0.2, 0.25) is 25.7 Å². The van der Waals surface area contributed by atoms with Crippen LogP contribution in [0.4, 0.5) is 0 Å². The molecule has 0 N–H and O–H groups in total. The topological polar surface area (TPSA) is 43.1 Å². The van der Waals surface area contributed by atoms with Gasteiger partial charge in [0.2, 0.25) is 6.04 Å². The molecule has 0 saturated heterocycles. The van der Waals surface area contributed by atoms with Gasteiger partial charge in [-0.15, -0.1) is 0 Å². The maximum Gasteiger partial charge on any atom is 0.215 e. The van der Waals surface area contributed by atoms with E-state index in [2.05, 4.69) is 19.6 Å². The zero-order chi connectivity index (χ0) is 10.8. The first-order chi connectivity index (χ1) is 6.40. The highest BCUT2D eigenvalue weighted by Gasteiger charge is 2.36. The number of nitro groups is 1. The van der Waals surface area contributed by atoms with Gasteiger partial charge in [0.05, 0.1) is 0 Å². The molecule has 4 heteroatoms. The van der Waals surface area contributed by atoms with Gasteiger partial charge < -0.3 is 0 Å². The maximum atomic E-state index is 10.9. The summed E-state index contributed by atoms with van der Waals surface area (Å²) in [5, 5.41) is 10.9. The Bertz CT molecular complexity index is 213. The van der Waals surface area contributed by atoms with E-state index in [-0.39, 0.29) is 11.0 Å². The summed E-state index contributed by atoms with van der Waals surface area (Å²) in [7, 11) is -1.14. The predicted octanol–water partition coefficient (Wildman–Crippen LogP) is 3.16. The van der Waals surface area contributed by atoms with Crippen molar-refractivity contribution in [1.82, 2.24) is 0 Å². The number of hydrogen-bond acceptors (Lipinski definition) is 2. The molecule has 0 aromatic heterocycles. The van der Waals surface area contributed by atoms with Crippen LogP contribution in [0.1, 0.15) is 25.7 Å². The highest BCUT2D eigenvalue weighted by molar-refractivity contribution is 6.76. The minimum Gasteiger partial charge on any atom is -0.264 e. The molecule has 0 aromatic carbocycles. The Labute approximate surface area is 87.1 Å². The van der Waals surface area contributed by atoms with E-state index in [0.29, 0.717) is 5.92 Å². The van der Waals surface area contributed by atoms with E-state index in [1.165, 1.54) is 6.42 Å². The summed E-state index contributed by atoms with van der Waals surface area (Å²) in [5.74, 6) is 0.366. The highest BCUT2D eigenvalue weighted by Crippen LogP contribution is 2.32. The summed E-state index contributed by atoms with van der Waals surface area (Å²) in [4.78, 5) is 10.8. The number of nitrogens with zero attached hydrogens (tertiary/aromatic N) is 1. The molecule has 0 radical (unpaired) electrons. The molecule has 1 rings (SSSR count). The van der Waals surface area contributed by atoms with E-state index in [1.54, 1.807) is 0 Å². The monoisotopic (exact) mass is 215 g/mol. The number of rotatable bonds is 3. The van der Waals surface area contributed by atoms with Gasteiger partial charge in [-0.2, -0.15) is 0 Å². The first-order valence-electron chi connectivity index (χ1n) is 5.53. The Morgan fingerprint density at radius 2 is 1.86 bits per heavy atom. The van der Waals surface area contributed by atoms with Crippen LogP contribution in [0.25, 0.3) is 0 Å². The molecule has 1 aliphatic rings. The molecule has 2 atom stereocenters. The van der Waals surface area contributed by atoms with E-state index in [1.807, 2.05) is 0 Å². The minimum atomic E-state index is -1.14. The van der Waals surface area contributed by atoms with Crippen molar-refractivity contribution >= 4 is 8.07 Å². The standard InChI is InChI=1S/C10H21NO2Si/c1-14(2,3)8-9-6-4-5-7-10(9)11(12)13/h9-10H,4-8H2,1-3H3. The first-order valence-corrected chi connectivity index (χ1v) is 9.24. The summed E-state index contributed by atoms with van der Waals surface area (Å²) in [6.45, 7) is 6.91. The maximum absolute atomic E-state index is 10.9. The lowest BCUT2D eigenvalue weighted by atomic mass is 9.86. The molecule has 0 spiro atoms. The van der Waals surface area contributed by atoms with Crippen LogP contribution in [0.3, 0.4) is 0 Å². The molecule has 14 heavy (non-hydrogen) atoms. The van der Waals surface area contributed by atoms with E-state index in [9.17, 15) is 10.1 Å². The van der Waals surface area contributed by atoms with Crippen molar-refractivity contribution in [2.45, 2.75) is 57.4 Å². The van der Waals surface area contributed by atoms with E-state index in [4.69, 9.17) is 0 Å². The summed E-state index contributed by atoms with van der Waals surface area (Å²) < 4.78 is 0. The molecule has 0 aliphatic heterocycles. The molecule has 0 heterocycles. The second-order valence-corrected chi connectivity index (χ2v) is 11.2. The summed E-state index contributed by atoms with van der Waals surface area (Å²) in [6.07, 6.45) is 4.13. The van der Waals surface area contributed by atoms with Crippen LogP contribution in [-0.4, -0.2) is 19.0 Å². The summed E-state index contributed by atoms with van der Waals surface area (Å²) in [6, 6.07) is 0.883. The van der Waals surface area contributed by atoms with Crippen molar-refractivity contribution in [2.24, 2.45) is 5.92 Å². The van der Waals surface area contributed by atoms with Crippen molar-refractivity contribution in [3.05, 3.63) is 10.1 Å². The number of hydrogen-bond donors (Lipinski definition) is 0. The fourth-order valence-electron chi connectivity index (χ4n) is 2.49. The minimum absolute atomic E-state index is 0.0377. The Kier molecular flexibility index (Phi) is 3.69. The average molecular weight is 215 g/mol. The van der Waals surface area contributed by atoms with Gasteiger partial charge >= 0.3 is 0 Å². The second kappa shape index (κ2) is 4.42. The van der Waals surface area contributed by atoms with Gasteiger partial charge in [-0.3, -0.25) is 10.1 Å². The molecule has 3 nitrogen and oxygen atoms in total. The third kappa shape index (κ3) is 3.40. The Balaban J connectivity index is 2.59. The van der Waals surface area contributed by atoms with Crippen LogP contribution >= 0.6 is 0 Å². The fraction of sp³-hybridized carbons (Fsp3) is 1.00. The smallest absolute Gasteiger partial charge is 0.215 e. The first kappa shape index (κ1) is 11.7. The Morgan fingerprint density at radius 1 is 1.29 bits per heavy atom. The lowest BCUT2D eigenvalue weighted by Crippen LogP contribution is -2.37. The molecule has 0 bridgehead atoms. The molecule has 2 unspecified atom stereocenters. The third-order valence-electron chi connectivity index (χ3n) is 3.01. The van der Waals surface area contributed by atoms with Crippen molar-refractivity contribution in [3.63, 3.8) is 0 Å². The SMILES string of the molecule is C[Si](C)(C)CC1CCCCC1[N+](=O)[O-]. The Hall–Kier alpha value is -0.383. The molecule has 1 fully saturated rings. The van der Waals surface area contributed by atoms with Gasteiger partial charge in [0, 0.05) is 25.3 Å². The summed E-state index contributed by atoms with van der Waals surface area (Å²) in [5.41, 5.74) is 0. The van der Waals surface area contributed by atoms with E-state index in [0.717, 1.165) is 25.3 Å². The van der Waals surface area contributed by atoms with Crippen LogP contribution in [0, 0.1) is 16.0 Å². The molecule has 0 amide bonds. The highest BCUT2D eigenvalue weighted by atomic mass is 28.3. The zero-order valence-corrected chi connectivity index (χ0v) is 10.5. The molecule has 0 aromatic rings. The van der Waals surface area contributed by atoms with Gasteiger partial charge in [0.25, 0.3) is 0 Å². The van der Waals surface area contributed by atoms with Crippen molar-refractivity contribution in [2.75, 3.05) is 0 Å². The van der Waals surface area contributed by atoms with Gasteiger partial charge in [0.1, 0.15) is 0 Å². The predicted molar refractivity (Wildman–Crippen MR) is 60.9 cm³/mol. The van der Waals surface area contributed by atoms with E-state index < -0.39 is 8.07 Å². The Morgan fingerprint density at radius 3 is 2.36 bits per heavy atom. The van der Waals surface area contributed by atoms with Crippen molar-refractivity contribution in [3.8, 4) is 0 Å². The quantitative estimate of drug-likeness (QED) is 0.412. The van der Waals surface area contributed by atoms with Gasteiger partial charge in [-0.25, -0.2) is 0 Å². The van der Waals surface area contributed by atoms with Crippen LogP contribution in [0.5, 0.6) is 0 Å². The second-order valence-electron chi connectivity index (χ2n) is 5.66. The van der Waals surface area contributed by atoms with Gasteiger partial charge in [0.15, 0.2) is 0 Å². The molecular formula is C10H21NO2Si. The largest absolute Gasteiger partial charge is 0.264 e. The lowest BCUT2D eigenvalue weighted by Gasteiger charge is -2.29. The van der Waals surface area contributed by atoms with Crippen molar-refractivity contribution < 1.29 is 4.92 Å². The third-order valence-corrected chi connectivity index (χ3v) is 4.76. The van der Waals surface area contributed by atoms with Gasteiger partial charge in [-0.1, -0.05) is 26.1 Å². The average Bonchev–Trinajstić information content (AvgIpc) is 2.01. The lowest BCUT2D eigenvalue weighted by molar-refractivity contribution is -0.534. The van der Waals surface area contributed by atoms with Crippen LogP contribution in [-0.2, 0) is 0 Å². The molecule has 82 valence electrons. The van der Waals surface area contributed by atoms with E-state index >= 15 is 0 Å². The zero-order valence-electron chi connectivity index (χ0n) is 9.45. The van der Waals surface area contributed by atoms with Gasteiger partial charge in [-0.05, 0) is 18.9 Å². The normalized spacial score (nSPS) is 28.8.